The lowest BCUT2D eigenvalue weighted by molar-refractivity contribution is -0.128. The summed E-state index contributed by atoms with van der Waals surface area (Å²) in [5.74, 6) is -0.321. The lowest BCUT2D eigenvalue weighted by atomic mass is 10.2. The SMILES string of the molecule is CCCCOc1ccc(C(=O)NCC(=O)NC(C)C(=O)NC(C)CC)cc1. The molecule has 150 valence electrons. The maximum Gasteiger partial charge on any atom is 0.251 e. The molecule has 2 unspecified atom stereocenters. The zero-order chi connectivity index (χ0) is 20.2. The Morgan fingerprint density at radius 2 is 1.70 bits per heavy atom. The fourth-order valence-corrected chi connectivity index (χ4v) is 2.13. The minimum absolute atomic E-state index is 0.0467. The van der Waals surface area contributed by atoms with Crippen LogP contribution in [0.25, 0.3) is 0 Å². The predicted octanol–water partition coefficient (Wildman–Crippen LogP) is 2.01. The largest absolute Gasteiger partial charge is 0.494 e. The molecule has 2 atom stereocenters. The summed E-state index contributed by atoms with van der Waals surface area (Å²) in [5.41, 5.74) is 0.438. The second-order valence-electron chi connectivity index (χ2n) is 6.52. The van der Waals surface area contributed by atoms with Crippen molar-refractivity contribution in [3.63, 3.8) is 0 Å². The first kappa shape index (κ1) is 22.5. The number of unbranched alkanes of at least 4 members (excludes halogenated alkanes) is 1. The van der Waals surface area contributed by atoms with Crippen LogP contribution in [-0.4, -0.2) is 43.0 Å². The smallest absolute Gasteiger partial charge is 0.251 e. The Balaban J connectivity index is 2.40. The van der Waals surface area contributed by atoms with Crippen LogP contribution in [0.15, 0.2) is 24.3 Å². The second-order valence-corrected chi connectivity index (χ2v) is 6.52. The molecule has 1 rings (SSSR count). The van der Waals surface area contributed by atoms with Crippen molar-refractivity contribution in [2.45, 2.75) is 59.0 Å². The predicted molar refractivity (Wildman–Crippen MR) is 105 cm³/mol. The normalized spacial score (nSPS) is 12.6. The van der Waals surface area contributed by atoms with E-state index in [9.17, 15) is 14.4 Å². The third-order valence-corrected chi connectivity index (χ3v) is 4.06. The average molecular weight is 377 g/mol. The van der Waals surface area contributed by atoms with Gasteiger partial charge in [0.05, 0.1) is 13.2 Å². The third kappa shape index (κ3) is 8.57. The van der Waals surface area contributed by atoms with E-state index in [0.29, 0.717) is 17.9 Å². The van der Waals surface area contributed by atoms with Gasteiger partial charge in [-0.3, -0.25) is 14.4 Å². The fraction of sp³-hybridized carbons (Fsp3) is 0.550. The van der Waals surface area contributed by atoms with Crippen LogP contribution in [0.1, 0.15) is 57.3 Å². The van der Waals surface area contributed by atoms with Crippen molar-refractivity contribution >= 4 is 17.7 Å². The maximum absolute atomic E-state index is 12.1. The van der Waals surface area contributed by atoms with Gasteiger partial charge in [0, 0.05) is 11.6 Å². The molecule has 7 heteroatoms. The number of carbonyl (C=O) groups excluding carboxylic acids is 3. The fourth-order valence-electron chi connectivity index (χ4n) is 2.13. The Hall–Kier alpha value is -2.57. The number of hydrogen-bond donors (Lipinski definition) is 3. The minimum atomic E-state index is -0.664. The molecule has 0 spiro atoms. The van der Waals surface area contributed by atoms with Gasteiger partial charge in [-0.1, -0.05) is 20.3 Å². The van der Waals surface area contributed by atoms with Crippen LogP contribution in [0.5, 0.6) is 5.75 Å². The number of amides is 3. The van der Waals surface area contributed by atoms with Crippen molar-refractivity contribution in [2.24, 2.45) is 0 Å². The quantitative estimate of drug-likeness (QED) is 0.514. The van der Waals surface area contributed by atoms with Crippen LogP contribution in [0.4, 0.5) is 0 Å². The van der Waals surface area contributed by atoms with Crippen LogP contribution in [0.3, 0.4) is 0 Å². The van der Waals surface area contributed by atoms with E-state index in [0.717, 1.165) is 19.3 Å². The Labute approximate surface area is 161 Å². The first-order valence-corrected chi connectivity index (χ1v) is 9.48. The van der Waals surface area contributed by atoms with Crippen LogP contribution < -0.4 is 20.7 Å². The Bertz CT molecular complexity index is 616. The van der Waals surface area contributed by atoms with Crippen molar-refractivity contribution in [1.82, 2.24) is 16.0 Å². The van der Waals surface area contributed by atoms with Gasteiger partial charge in [0.1, 0.15) is 11.8 Å². The third-order valence-electron chi connectivity index (χ3n) is 4.06. The first-order valence-electron chi connectivity index (χ1n) is 9.48. The monoisotopic (exact) mass is 377 g/mol. The summed E-state index contributed by atoms with van der Waals surface area (Å²) in [6.07, 6.45) is 2.84. The number of benzene rings is 1. The average Bonchev–Trinajstić information content (AvgIpc) is 2.66. The summed E-state index contributed by atoms with van der Waals surface area (Å²) < 4.78 is 5.55. The molecule has 27 heavy (non-hydrogen) atoms. The molecular weight excluding hydrogens is 346 g/mol. The molecule has 1 aromatic carbocycles. The molecule has 7 nitrogen and oxygen atoms in total. The molecule has 0 radical (unpaired) electrons. The van der Waals surface area contributed by atoms with E-state index in [2.05, 4.69) is 22.9 Å². The van der Waals surface area contributed by atoms with E-state index < -0.39 is 11.9 Å². The van der Waals surface area contributed by atoms with E-state index in [1.54, 1.807) is 31.2 Å². The highest BCUT2D eigenvalue weighted by molar-refractivity contribution is 5.97. The van der Waals surface area contributed by atoms with E-state index in [1.807, 2.05) is 13.8 Å². The molecule has 0 heterocycles. The molecule has 1 aromatic rings. The van der Waals surface area contributed by atoms with Crippen molar-refractivity contribution in [3.05, 3.63) is 29.8 Å². The minimum Gasteiger partial charge on any atom is -0.494 e. The zero-order valence-electron chi connectivity index (χ0n) is 16.6. The van der Waals surface area contributed by atoms with Gasteiger partial charge in [-0.25, -0.2) is 0 Å². The molecule has 0 saturated heterocycles. The molecule has 0 aliphatic heterocycles. The molecule has 0 bridgehead atoms. The topological polar surface area (TPSA) is 96.5 Å². The van der Waals surface area contributed by atoms with E-state index >= 15 is 0 Å². The van der Waals surface area contributed by atoms with E-state index in [-0.39, 0.29) is 24.4 Å². The van der Waals surface area contributed by atoms with E-state index in [4.69, 9.17) is 4.74 Å². The van der Waals surface area contributed by atoms with Gasteiger partial charge in [-0.2, -0.15) is 0 Å². The molecule has 3 N–H and O–H groups in total. The van der Waals surface area contributed by atoms with Gasteiger partial charge >= 0.3 is 0 Å². The first-order chi connectivity index (χ1) is 12.9. The summed E-state index contributed by atoms with van der Waals surface area (Å²) in [7, 11) is 0. The second kappa shape index (κ2) is 11.9. The number of nitrogens with one attached hydrogen (secondary N) is 3. The van der Waals surface area contributed by atoms with Gasteiger partial charge in [0.15, 0.2) is 0 Å². The molecular formula is C20H31N3O4. The van der Waals surface area contributed by atoms with Crippen molar-refractivity contribution < 1.29 is 19.1 Å². The lowest BCUT2D eigenvalue weighted by Gasteiger charge is -2.17. The molecule has 0 fully saturated rings. The maximum atomic E-state index is 12.1. The highest BCUT2D eigenvalue weighted by Gasteiger charge is 2.17. The Morgan fingerprint density at radius 3 is 2.30 bits per heavy atom. The standard InChI is InChI=1S/C20H31N3O4/c1-5-7-12-27-17-10-8-16(9-11-17)20(26)21-13-18(24)23-15(4)19(25)22-14(3)6-2/h8-11,14-15H,5-7,12-13H2,1-4H3,(H,21,26)(H,22,25)(H,23,24). The Morgan fingerprint density at radius 1 is 1.04 bits per heavy atom. The molecule has 3 amide bonds. The van der Waals surface area contributed by atoms with Crippen LogP contribution in [-0.2, 0) is 9.59 Å². The summed E-state index contributed by atoms with van der Waals surface area (Å²) in [6, 6.07) is 6.14. The number of hydrogen-bond acceptors (Lipinski definition) is 4. The summed E-state index contributed by atoms with van der Waals surface area (Å²) >= 11 is 0. The van der Waals surface area contributed by atoms with Crippen molar-refractivity contribution in [3.8, 4) is 5.75 Å². The van der Waals surface area contributed by atoms with Crippen LogP contribution in [0.2, 0.25) is 0 Å². The number of rotatable bonds is 11. The van der Waals surface area contributed by atoms with Crippen LogP contribution in [0, 0.1) is 0 Å². The lowest BCUT2D eigenvalue weighted by Crippen LogP contribution is -2.49. The molecule has 0 aliphatic rings. The van der Waals surface area contributed by atoms with Gasteiger partial charge in [-0.05, 0) is 51.0 Å². The van der Waals surface area contributed by atoms with Gasteiger partial charge in [0.25, 0.3) is 5.91 Å². The summed E-state index contributed by atoms with van der Waals surface area (Å²) in [4.78, 5) is 35.9. The van der Waals surface area contributed by atoms with Gasteiger partial charge in [0.2, 0.25) is 11.8 Å². The highest BCUT2D eigenvalue weighted by Crippen LogP contribution is 2.12. The zero-order valence-corrected chi connectivity index (χ0v) is 16.6. The van der Waals surface area contributed by atoms with E-state index in [1.165, 1.54) is 0 Å². The van der Waals surface area contributed by atoms with Gasteiger partial charge in [-0.15, -0.1) is 0 Å². The molecule has 0 aromatic heterocycles. The number of carbonyl (C=O) groups is 3. The molecule has 0 saturated carbocycles. The number of ether oxygens (including phenoxy) is 1. The van der Waals surface area contributed by atoms with Crippen LogP contribution >= 0.6 is 0 Å². The molecule has 0 aliphatic carbocycles. The van der Waals surface area contributed by atoms with Gasteiger partial charge < -0.3 is 20.7 Å². The summed E-state index contributed by atoms with van der Waals surface area (Å²) in [6.45, 7) is 8.00. The van der Waals surface area contributed by atoms with Crippen molar-refractivity contribution in [1.29, 1.82) is 0 Å². The summed E-state index contributed by atoms with van der Waals surface area (Å²) in [5, 5.41) is 7.91. The highest BCUT2D eigenvalue weighted by atomic mass is 16.5. The van der Waals surface area contributed by atoms with Crippen molar-refractivity contribution in [2.75, 3.05) is 13.2 Å². The Kier molecular flexibility index (Phi) is 9.93.